The van der Waals surface area contributed by atoms with Gasteiger partial charge in [0.1, 0.15) is 5.52 Å². The summed E-state index contributed by atoms with van der Waals surface area (Å²) in [5, 5.41) is 3.79. The smallest absolute Gasteiger partial charge is 0.174 e. The summed E-state index contributed by atoms with van der Waals surface area (Å²) in [6, 6.07) is 7.33. The highest BCUT2D eigenvalue weighted by atomic mass is 35.5. The number of hydrogen-bond acceptors (Lipinski definition) is 2. The van der Waals surface area contributed by atoms with Gasteiger partial charge in [-0.15, -0.1) is 0 Å². The summed E-state index contributed by atoms with van der Waals surface area (Å²) in [5.41, 5.74) is 4.07. The maximum Gasteiger partial charge on any atom is 0.174 e. The van der Waals surface area contributed by atoms with E-state index in [2.05, 4.69) is 15.3 Å². The van der Waals surface area contributed by atoms with Gasteiger partial charge < -0.3 is 10.3 Å². The van der Waals surface area contributed by atoms with Gasteiger partial charge in [0.15, 0.2) is 5.82 Å². The van der Waals surface area contributed by atoms with Crippen LogP contribution in [0.25, 0.3) is 11.0 Å². The van der Waals surface area contributed by atoms with Gasteiger partial charge >= 0.3 is 0 Å². The van der Waals surface area contributed by atoms with Crippen LogP contribution in [-0.2, 0) is 0 Å². The molecule has 1 heterocycles. The molecule has 20 heavy (non-hydrogen) atoms. The van der Waals surface area contributed by atoms with Crippen LogP contribution in [0.5, 0.6) is 0 Å². The van der Waals surface area contributed by atoms with Crippen molar-refractivity contribution in [2.75, 3.05) is 5.32 Å². The monoisotopic (exact) mass is 289 g/mol. The number of aromatic nitrogens is 2. The molecule has 3 nitrogen and oxygen atoms in total. The minimum absolute atomic E-state index is 0.338. The van der Waals surface area contributed by atoms with E-state index in [9.17, 15) is 4.39 Å². The number of anilines is 2. The summed E-state index contributed by atoms with van der Waals surface area (Å²) >= 11 is 5.93. The zero-order chi connectivity index (χ0) is 14.3. The maximum atomic E-state index is 14.5. The standard InChI is InChI=1S/C15H13ClFN3/c1-8-5-10(16)3-4-11(8)20-14-9(2)6-12-15(13(14)17)19-7-18-12/h3-7,20H,1-2H3,(H,18,19). The fourth-order valence-electron chi connectivity index (χ4n) is 2.22. The van der Waals surface area contributed by atoms with Gasteiger partial charge in [-0.2, -0.15) is 0 Å². The Kier molecular flexibility index (Phi) is 3.10. The van der Waals surface area contributed by atoms with Crippen molar-refractivity contribution in [3.05, 3.63) is 52.6 Å². The number of aryl methyl sites for hydroxylation is 2. The molecule has 0 aliphatic rings. The summed E-state index contributed by atoms with van der Waals surface area (Å²) in [6.45, 7) is 3.78. The second kappa shape index (κ2) is 4.80. The predicted molar refractivity (Wildman–Crippen MR) is 80.3 cm³/mol. The Hall–Kier alpha value is -2.07. The Morgan fingerprint density at radius 3 is 2.75 bits per heavy atom. The van der Waals surface area contributed by atoms with E-state index in [4.69, 9.17) is 11.6 Å². The van der Waals surface area contributed by atoms with E-state index in [-0.39, 0.29) is 5.82 Å². The summed E-state index contributed by atoms with van der Waals surface area (Å²) in [6.07, 6.45) is 1.49. The number of fused-ring (bicyclic) bond motifs is 1. The molecule has 0 atom stereocenters. The number of nitrogens with zero attached hydrogens (tertiary/aromatic N) is 1. The van der Waals surface area contributed by atoms with Crippen molar-refractivity contribution in [1.29, 1.82) is 0 Å². The van der Waals surface area contributed by atoms with Gasteiger partial charge in [0, 0.05) is 10.7 Å². The van der Waals surface area contributed by atoms with Crippen molar-refractivity contribution in [1.82, 2.24) is 9.97 Å². The molecule has 0 aliphatic heterocycles. The fourth-order valence-corrected chi connectivity index (χ4v) is 2.45. The minimum Gasteiger partial charge on any atom is -0.353 e. The van der Waals surface area contributed by atoms with Crippen LogP contribution < -0.4 is 5.32 Å². The van der Waals surface area contributed by atoms with Crippen LogP contribution in [-0.4, -0.2) is 9.97 Å². The molecule has 3 rings (SSSR count). The first-order chi connectivity index (χ1) is 9.56. The third kappa shape index (κ3) is 2.12. The van der Waals surface area contributed by atoms with Crippen molar-refractivity contribution >= 4 is 34.0 Å². The molecule has 0 radical (unpaired) electrons. The lowest BCUT2D eigenvalue weighted by Gasteiger charge is -2.13. The summed E-state index contributed by atoms with van der Waals surface area (Å²) in [5.74, 6) is -0.351. The Balaban J connectivity index is 2.10. The molecule has 5 heteroatoms. The molecule has 0 spiro atoms. The van der Waals surface area contributed by atoms with E-state index in [1.807, 2.05) is 32.0 Å². The maximum absolute atomic E-state index is 14.5. The van der Waals surface area contributed by atoms with Crippen molar-refractivity contribution < 1.29 is 4.39 Å². The van der Waals surface area contributed by atoms with Gasteiger partial charge in [0.05, 0.1) is 17.5 Å². The molecular weight excluding hydrogens is 277 g/mol. The number of imidazole rings is 1. The normalized spacial score (nSPS) is 11.0. The van der Waals surface area contributed by atoms with Crippen molar-refractivity contribution in [2.24, 2.45) is 0 Å². The van der Waals surface area contributed by atoms with Crippen LogP contribution >= 0.6 is 11.6 Å². The van der Waals surface area contributed by atoms with Gasteiger partial charge in [-0.3, -0.25) is 0 Å². The van der Waals surface area contributed by atoms with Gasteiger partial charge in [-0.05, 0) is 49.2 Å². The highest BCUT2D eigenvalue weighted by Gasteiger charge is 2.14. The lowest BCUT2D eigenvalue weighted by atomic mass is 10.1. The zero-order valence-corrected chi connectivity index (χ0v) is 11.8. The molecular formula is C15H13ClFN3. The number of rotatable bonds is 2. The third-order valence-electron chi connectivity index (χ3n) is 3.30. The van der Waals surface area contributed by atoms with E-state index < -0.39 is 0 Å². The second-order valence-electron chi connectivity index (χ2n) is 4.77. The van der Waals surface area contributed by atoms with Gasteiger partial charge in [-0.25, -0.2) is 9.37 Å². The number of halogens is 2. The number of hydrogen-bond donors (Lipinski definition) is 2. The molecule has 2 aromatic carbocycles. The third-order valence-corrected chi connectivity index (χ3v) is 3.53. The van der Waals surface area contributed by atoms with Gasteiger partial charge in [0.25, 0.3) is 0 Å². The lowest BCUT2D eigenvalue weighted by molar-refractivity contribution is 0.640. The Labute approximate surface area is 120 Å². The molecule has 0 saturated heterocycles. The van der Waals surface area contributed by atoms with E-state index >= 15 is 0 Å². The van der Waals surface area contributed by atoms with Gasteiger partial charge in [-0.1, -0.05) is 11.6 Å². The quantitative estimate of drug-likeness (QED) is 0.717. The summed E-state index contributed by atoms with van der Waals surface area (Å²) in [4.78, 5) is 6.92. The SMILES string of the molecule is Cc1cc(Cl)ccc1Nc1c(C)cc2[nH]cnc2c1F. The van der Waals surface area contributed by atoms with Crippen LogP contribution in [0, 0.1) is 19.7 Å². The summed E-state index contributed by atoms with van der Waals surface area (Å²) in [7, 11) is 0. The highest BCUT2D eigenvalue weighted by molar-refractivity contribution is 6.30. The molecule has 0 aliphatic carbocycles. The first kappa shape index (κ1) is 12.9. The number of benzene rings is 2. The Morgan fingerprint density at radius 1 is 1.20 bits per heavy atom. The van der Waals surface area contributed by atoms with Crippen LogP contribution in [0.15, 0.2) is 30.6 Å². The van der Waals surface area contributed by atoms with E-state index in [1.54, 1.807) is 6.07 Å². The second-order valence-corrected chi connectivity index (χ2v) is 5.20. The molecule has 102 valence electrons. The van der Waals surface area contributed by atoms with Crippen LogP contribution in [0.1, 0.15) is 11.1 Å². The van der Waals surface area contributed by atoms with Crippen molar-refractivity contribution in [2.45, 2.75) is 13.8 Å². The minimum atomic E-state index is -0.351. The lowest BCUT2D eigenvalue weighted by Crippen LogP contribution is -1.99. The first-order valence-corrected chi connectivity index (χ1v) is 6.59. The van der Waals surface area contributed by atoms with Crippen molar-refractivity contribution in [3.8, 4) is 0 Å². The van der Waals surface area contributed by atoms with E-state index in [1.165, 1.54) is 6.33 Å². The van der Waals surface area contributed by atoms with E-state index in [0.717, 1.165) is 16.8 Å². The average Bonchev–Trinajstić information content (AvgIpc) is 2.85. The largest absolute Gasteiger partial charge is 0.353 e. The van der Waals surface area contributed by atoms with Crippen LogP contribution in [0.2, 0.25) is 5.02 Å². The molecule has 0 unspecified atom stereocenters. The molecule has 0 saturated carbocycles. The number of H-pyrrole nitrogens is 1. The number of aromatic amines is 1. The van der Waals surface area contributed by atoms with Crippen LogP contribution in [0.4, 0.5) is 15.8 Å². The zero-order valence-electron chi connectivity index (χ0n) is 11.1. The molecule has 0 bridgehead atoms. The van der Waals surface area contributed by atoms with Crippen LogP contribution in [0.3, 0.4) is 0 Å². The molecule has 0 fully saturated rings. The van der Waals surface area contributed by atoms with E-state index in [0.29, 0.717) is 21.7 Å². The number of nitrogens with one attached hydrogen (secondary N) is 2. The highest BCUT2D eigenvalue weighted by Crippen LogP contribution is 2.31. The van der Waals surface area contributed by atoms with Gasteiger partial charge in [0.2, 0.25) is 0 Å². The molecule has 1 aromatic heterocycles. The summed E-state index contributed by atoms with van der Waals surface area (Å²) < 4.78 is 14.5. The Bertz CT molecular complexity index is 795. The molecule has 0 amide bonds. The van der Waals surface area contributed by atoms with Crippen molar-refractivity contribution in [3.63, 3.8) is 0 Å². The fraction of sp³-hybridized carbons (Fsp3) is 0.133. The topological polar surface area (TPSA) is 40.7 Å². The average molecular weight is 290 g/mol. The predicted octanol–water partition coefficient (Wildman–Crippen LogP) is 4.72. The first-order valence-electron chi connectivity index (χ1n) is 6.21. The molecule has 2 N–H and O–H groups in total. The Morgan fingerprint density at radius 2 is 2.00 bits per heavy atom. The molecule has 3 aromatic rings.